The first-order chi connectivity index (χ1) is 31.9. The lowest BCUT2D eigenvalue weighted by atomic mass is 9.95. The molecule has 9 rings (SSSR count). The Morgan fingerprint density at radius 2 is 1.51 bits per heavy atom. The monoisotopic (exact) mass is 949 g/mol. The smallest absolute Gasteiger partial charge is 0.419 e. The van der Waals surface area contributed by atoms with Gasteiger partial charge in [0.1, 0.15) is 52.6 Å². The second-order valence-corrected chi connectivity index (χ2v) is 19.3. The summed E-state index contributed by atoms with van der Waals surface area (Å²) in [5.74, 6) is 0.516. The fraction of sp³-hybridized carbons (Fsp3) is 0.469. The number of hydrogen-bond donors (Lipinski definition) is 0. The normalized spacial score (nSPS) is 21.7. The molecule has 0 saturated carbocycles. The van der Waals surface area contributed by atoms with Crippen LogP contribution in [0.3, 0.4) is 0 Å². The van der Waals surface area contributed by atoms with E-state index in [1.54, 1.807) is 48.3 Å². The van der Waals surface area contributed by atoms with Gasteiger partial charge in [0.15, 0.2) is 5.82 Å². The van der Waals surface area contributed by atoms with Crippen molar-refractivity contribution in [1.82, 2.24) is 24.8 Å². The van der Waals surface area contributed by atoms with Gasteiger partial charge in [0.2, 0.25) is 0 Å². The molecule has 12 nitrogen and oxygen atoms in total. The molecule has 0 aliphatic carbocycles. The number of halogens is 6. The summed E-state index contributed by atoms with van der Waals surface area (Å²) < 4.78 is 101. The largest absolute Gasteiger partial charge is 0.497 e. The fourth-order valence-corrected chi connectivity index (χ4v) is 10.5. The van der Waals surface area contributed by atoms with E-state index in [4.69, 9.17) is 35.5 Å². The zero-order valence-corrected chi connectivity index (χ0v) is 38.8. The summed E-state index contributed by atoms with van der Waals surface area (Å²) in [6, 6.07) is 17.6. The molecular formula is C49H53ClF5N7O5. The number of alkyl halides is 4. The molecule has 0 radical (unpaired) electrons. The average molecular weight is 950 g/mol. The zero-order chi connectivity index (χ0) is 47.4. The molecule has 5 aromatic rings. The van der Waals surface area contributed by atoms with Gasteiger partial charge in [-0.3, -0.25) is 9.80 Å². The van der Waals surface area contributed by atoms with E-state index < -0.39 is 57.2 Å². The predicted octanol–water partition coefficient (Wildman–Crippen LogP) is 10.3. The van der Waals surface area contributed by atoms with Crippen LogP contribution in [0.1, 0.15) is 69.6 Å². The van der Waals surface area contributed by atoms with Gasteiger partial charge in [-0.1, -0.05) is 35.9 Å². The van der Waals surface area contributed by atoms with Gasteiger partial charge in [-0.05, 0) is 107 Å². The number of ether oxygens (including phenoxy) is 4. The van der Waals surface area contributed by atoms with Crippen molar-refractivity contribution in [1.29, 1.82) is 0 Å². The maximum absolute atomic E-state index is 17.7. The van der Waals surface area contributed by atoms with Crippen LogP contribution >= 0.6 is 11.6 Å². The Labute approximate surface area is 390 Å². The maximum Gasteiger partial charge on any atom is 0.419 e. The number of carbonyl (C=O) groups is 1. The lowest BCUT2D eigenvalue weighted by molar-refractivity contribution is -0.137. The second-order valence-electron chi connectivity index (χ2n) is 18.9. The molecule has 2 bridgehead atoms. The average Bonchev–Trinajstić information content (AvgIpc) is 3.91. The minimum Gasteiger partial charge on any atom is -0.497 e. The maximum atomic E-state index is 17.7. The molecule has 18 heteroatoms. The lowest BCUT2D eigenvalue weighted by Gasteiger charge is -2.42. The van der Waals surface area contributed by atoms with Gasteiger partial charge in [-0.15, -0.1) is 0 Å². The van der Waals surface area contributed by atoms with Crippen LogP contribution in [0.2, 0.25) is 5.02 Å². The van der Waals surface area contributed by atoms with Crippen LogP contribution in [-0.4, -0.2) is 107 Å². The van der Waals surface area contributed by atoms with Crippen molar-refractivity contribution >= 4 is 40.2 Å². The number of anilines is 2. The summed E-state index contributed by atoms with van der Waals surface area (Å²) in [6.07, 6.45) is -3.29. The van der Waals surface area contributed by atoms with E-state index in [1.165, 1.54) is 12.1 Å². The van der Waals surface area contributed by atoms with Crippen molar-refractivity contribution in [3.63, 3.8) is 0 Å². The highest BCUT2D eigenvalue weighted by Crippen LogP contribution is 2.46. The van der Waals surface area contributed by atoms with Crippen molar-refractivity contribution < 1.29 is 45.7 Å². The van der Waals surface area contributed by atoms with Crippen molar-refractivity contribution in [2.24, 2.45) is 0 Å². The standard InChI is InChI=1S/C49H53ClF5N7O5/c1-47(2,3)67-46(63)62-32-11-12-33(62)27-60(26-32)44-37-18-17-36(41(52)43(37)57-45(58-44)66-28-48-19-6-20-61(48)25-31(51)22-48)42-40(49(53,54)55)38(50)21-39(56-42)59(23-29-7-13-34(64-4)14-8-29)24-30-9-15-35(65-5)16-10-30/h7-10,13-18,21,31-33H,6,11-12,19-20,22-28H2,1-5H3/t31-,32?,33?,48+/m1/s1. The van der Waals surface area contributed by atoms with Gasteiger partial charge in [0.25, 0.3) is 0 Å². The van der Waals surface area contributed by atoms with Crippen molar-refractivity contribution in [3.05, 3.63) is 94.3 Å². The number of rotatable bonds is 12. The molecular weight excluding hydrogens is 897 g/mol. The lowest BCUT2D eigenvalue weighted by Crippen LogP contribution is -2.57. The predicted molar refractivity (Wildman–Crippen MR) is 244 cm³/mol. The topological polar surface area (TPSA) is 106 Å². The summed E-state index contributed by atoms with van der Waals surface area (Å²) >= 11 is 6.62. The number of methoxy groups -OCH3 is 2. The molecule has 4 atom stereocenters. The number of pyridine rings is 1. The van der Waals surface area contributed by atoms with Crippen molar-refractivity contribution in [3.8, 4) is 28.8 Å². The zero-order valence-electron chi connectivity index (χ0n) is 38.0. The molecule has 356 valence electrons. The van der Waals surface area contributed by atoms with Gasteiger partial charge in [-0.25, -0.2) is 18.6 Å². The third-order valence-corrected chi connectivity index (χ3v) is 13.6. The van der Waals surface area contributed by atoms with Crippen LogP contribution in [-0.2, 0) is 24.0 Å². The first kappa shape index (κ1) is 46.4. The first-order valence-corrected chi connectivity index (χ1v) is 22.9. The van der Waals surface area contributed by atoms with E-state index in [1.807, 2.05) is 49.9 Å². The number of carbonyl (C=O) groups excluding carboxylic acids is 1. The highest BCUT2D eigenvalue weighted by Gasteiger charge is 2.50. The Balaban J connectivity index is 1.15. The number of nitrogens with zero attached hydrogens (tertiary/aromatic N) is 7. The molecule has 2 aromatic heterocycles. The molecule has 1 amide bonds. The summed E-state index contributed by atoms with van der Waals surface area (Å²) in [4.78, 5) is 34.9. The van der Waals surface area contributed by atoms with Crippen LogP contribution in [0.4, 0.5) is 38.4 Å². The molecule has 3 aromatic carbocycles. The van der Waals surface area contributed by atoms with Gasteiger partial charge < -0.3 is 28.7 Å². The second kappa shape index (κ2) is 18.1. The number of aromatic nitrogens is 3. The third-order valence-electron chi connectivity index (χ3n) is 13.3. The van der Waals surface area contributed by atoms with E-state index in [0.717, 1.165) is 23.6 Å². The van der Waals surface area contributed by atoms with E-state index in [0.29, 0.717) is 56.2 Å². The van der Waals surface area contributed by atoms with Crippen LogP contribution in [0.5, 0.6) is 17.5 Å². The van der Waals surface area contributed by atoms with Gasteiger partial charge in [0, 0.05) is 50.1 Å². The van der Waals surface area contributed by atoms with Crippen molar-refractivity contribution in [2.45, 2.75) is 102 Å². The van der Waals surface area contributed by atoms with Gasteiger partial charge >= 0.3 is 18.3 Å². The Morgan fingerprint density at radius 1 is 0.881 bits per heavy atom. The fourth-order valence-electron chi connectivity index (χ4n) is 10.2. The van der Waals surface area contributed by atoms with Crippen LogP contribution in [0.15, 0.2) is 66.7 Å². The van der Waals surface area contributed by atoms with Crippen LogP contribution in [0.25, 0.3) is 22.2 Å². The number of fused-ring (bicyclic) bond motifs is 4. The number of amides is 1. The number of piperazine rings is 1. The molecule has 4 fully saturated rings. The molecule has 67 heavy (non-hydrogen) atoms. The number of hydrogen-bond acceptors (Lipinski definition) is 11. The SMILES string of the molecule is COc1ccc(CN(Cc2ccc(OC)cc2)c2cc(Cl)c(C(F)(F)F)c(-c3ccc4c(N5CC6CCC(C5)N6C(=O)OC(C)(C)C)nc(OC[C@@]56CCCN5C[C@H](F)C6)nc4c3F)n2)cc1. The Morgan fingerprint density at radius 3 is 2.09 bits per heavy atom. The Hall–Kier alpha value is -5.68. The van der Waals surface area contributed by atoms with E-state index in [9.17, 15) is 9.18 Å². The molecule has 4 aliphatic heterocycles. The highest BCUT2D eigenvalue weighted by molar-refractivity contribution is 6.32. The Kier molecular flexibility index (Phi) is 12.5. The van der Waals surface area contributed by atoms with Crippen LogP contribution < -0.4 is 24.0 Å². The van der Waals surface area contributed by atoms with E-state index in [2.05, 4.69) is 14.9 Å². The van der Waals surface area contributed by atoms with E-state index >= 15 is 17.6 Å². The Bertz CT molecular complexity index is 2570. The van der Waals surface area contributed by atoms with Gasteiger partial charge in [0.05, 0.1) is 42.6 Å². The minimum atomic E-state index is -5.05. The summed E-state index contributed by atoms with van der Waals surface area (Å²) in [5.41, 5.74) is -2.53. The highest BCUT2D eigenvalue weighted by atomic mass is 35.5. The first-order valence-electron chi connectivity index (χ1n) is 22.5. The van der Waals surface area contributed by atoms with E-state index in [-0.39, 0.29) is 67.5 Å². The third kappa shape index (κ3) is 9.45. The summed E-state index contributed by atoms with van der Waals surface area (Å²) in [6.45, 7) is 7.47. The molecule has 6 heterocycles. The van der Waals surface area contributed by atoms with Gasteiger partial charge in [-0.2, -0.15) is 23.1 Å². The molecule has 2 unspecified atom stereocenters. The van der Waals surface area contributed by atoms with Crippen LogP contribution in [0, 0.1) is 5.82 Å². The molecule has 0 N–H and O–H groups in total. The summed E-state index contributed by atoms with van der Waals surface area (Å²) in [5, 5.41) is -0.448. The molecule has 4 aliphatic rings. The van der Waals surface area contributed by atoms with Crippen molar-refractivity contribution in [2.75, 3.05) is 56.8 Å². The summed E-state index contributed by atoms with van der Waals surface area (Å²) in [7, 11) is 3.10. The minimum absolute atomic E-state index is 0.0347. The number of benzene rings is 3. The quantitative estimate of drug-likeness (QED) is 0.112. The molecule has 0 spiro atoms. The molecule has 4 saturated heterocycles.